The van der Waals surface area contributed by atoms with Gasteiger partial charge in [0.05, 0.1) is 23.5 Å². The highest BCUT2D eigenvalue weighted by Gasteiger charge is 2.55. The van der Waals surface area contributed by atoms with E-state index in [1.54, 1.807) is 0 Å². The molecule has 0 amide bonds. The van der Waals surface area contributed by atoms with E-state index in [0.29, 0.717) is 0 Å². The van der Waals surface area contributed by atoms with Crippen LogP contribution in [-0.4, -0.2) is 12.1 Å². The Morgan fingerprint density at radius 3 is 1.55 bits per heavy atom. The third kappa shape index (κ3) is 2.91. The molecule has 0 radical (unpaired) electrons. The van der Waals surface area contributed by atoms with Crippen molar-refractivity contribution in [3.63, 3.8) is 0 Å². The van der Waals surface area contributed by atoms with Gasteiger partial charge in [-0.05, 0) is 47.0 Å². The molecule has 1 aliphatic heterocycles. The average molecular weight is 447 g/mol. The van der Waals surface area contributed by atoms with Crippen molar-refractivity contribution in [3.05, 3.63) is 84.9 Å². The normalized spacial score (nSPS) is 25.8. The molecule has 2 fully saturated rings. The monoisotopic (exact) mass is 446 g/mol. The minimum absolute atomic E-state index is 0.141. The van der Waals surface area contributed by atoms with Gasteiger partial charge in [0.1, 0.15) is 0 Å². The molecule has 0 bridgehead atoms. The van der Waals surface area contributed by atoms with Crippen LogP contribution < -0.4 is 9.34 Å². The van der Waals surface area contributed by atoms with E-state index >= 15 is 0 Å². The highest BCUT2D eigenvalue weighted by Crippen LogP contribution is 2.70. The van der Waals surface area contributed by atoms with E-state index in [2.05, 4.69) is 57.9 Å². The fourth-order valence-electron chi connectivity index (χ4n) is 5.57. The molecular weight excluding hydrogens is 423 g/mol. The molecule has 2 unspecified atom stereocenters. The van der Waals surface area contributed by atoms with E-state index in [1.165, 1.54) is 0 Å². The molecule has 2 atom stereocenters. The second kappa shape index (κ2) is 7.29. The molecule has 1 saturated heterocycles. The molecule has 4 aromatic rings. The number of nitrogens with zero attached hydrogens (tertiary/aromatic N) is 2. The average Bonchev–Trinajstić information content (AvgIpc) is 3.04. The van der Waals surface area contributed by atoms with Gasteiger partial charge in [0.2, 0.25) is 0 Å². The Labute approximate surface area is 187 Å². The van der Waals surface area contributed by atoms with Gasteiger partial charge in [-0.3, -0.25) is 13.9 Å². The minimum Gasteiger partial charge on any atom is -0.289 e. The van der Waals surface area contributed by atoms with Gasteiger partial charge in [-0.1, -0.05) is 85.6 Å². The van der Waals surface area contributed by atoms with Crippen LogP contribution in [0, 0.1) is 0 Å². The number of rotatable bonds is 2. The minimum atomic E-state index is -3.38. The number of fused-ring (bicyclic) bond motifs is 3. The van der Waals surface area contributed by atoms with Crippen molar-refractivity contribution in [1.82, 2.24) is 0 Å². The van der Waals surface area contributed by atoms with Crippen LogP contribution in [0.3, 0.4) is 0 Å². The molecule has 0 N–H and O–H groups in total. The Balaban J connectivity index is 1.58. The van der Waals surface area contributed by atoms with Gasteiger partial charge in [0.15, 0.2) is 0 Å². The number of benzene rings is 4. The number of anilines is 2. The first-order valence-electron chi connectivity index (χ1n) is 11.0. The number of hydrogen-bond acceptors (Lipinski definition) is 1. The van der Waals surface area contributed by atoms with E-state index in [1.807, 2.05) is 36.4 Å². The Morgan fingerprint density at radius 1 is 0.645 bits per heavy atom. The molecule has 4 aromatic carbocycles. The molecule has 31 heavy (non-hydrogen) atoms. The lowest BCUT2D eigenvalue weighted by Gasteiger charge is -2.32. The van der Waals surface area contributed by atoms with Gasteiger partial charge in [-0.25, -0.2) is 0 Å². The summed E-state index contributed by atoms with van der Waals surface area (Å²) in [6, 6.07) is 29.4. The lowest BCUT2D eigenvalue weighted by atomic mass is 9.89. The lowest BCUT2D eigenvalue weighted by Crippen LogP contribution is -2.40. The number of hydrogen-bond donors (Lipinski definition) is 0. The second-order valence-corrected chi connectivity index (χ2v) is 11.7. The van der Waals surface area contributed by atoms with E-state index in [4.69, 9.17) is 11.2 Å². The predicted octanol–water partition coefficient (Wildman–Crippen LogP) is 7.98. The lowest BCUT2D eigenvalue weighted by molar-refractivity contribution is 0.409. The highest BCUT2D eigenvalue weighted by atomic mass is 35.7. The zero-order valence-electron chi connectivity index (χ0n) is 17.2. The summed E-state index contributed by atoms with van der Waals surface area (Å²) in [5, 5.41) is 4.50. The maximum atomic E-state index is 14.5. The van der Waals surface area contributed by atoms with Crippen molar-refractivity contribution < 1.29 is 4.57 Å². The van der Waals surface area contributed by atoms with E-state index < -0.39 is 6.80 Å². The van der Waals surface area contributed by atoms with E-state index in [-0.39, 0.29) is 12.1 Å². The summed E-state index contributed by atoms with van der Waals surface area (Å²) in [5.41, 5.74) is 1.96. The summed E-state index contributed by atoms with van der Waals surface area (Å²) in [5.74, 6) is 0. The van der Waals surface area contributed by atoms with Crippen molar-refractivity contribution in [1.29, 1.82) is 0 Å². The van der Waals surface area contributed by atoms with Gasteiger partial charge in [0, 0.05) is 10.8 Å². The summed E-state index contributed by atoms with van der Waals surface area (Å²) in [6.45, 7) is -3.38. The fraction of sp³-hybridized carbons (Fsp3) is 0.231. The Bertz CT molecular complexity index is 1230. The highest BCUT2D eigenvalue weighted by molar-refractivity contribution is 7.91. The third-order valence-corrected chi connectivity index (χ3v) is 9.95. The van der Waals surface area contributed by atoms with Gasteiger partial charge in [-0.15, -0.1) is 0 Å². The van der Waals surface area contributed by atoms with Crippen LogP contribution in [0.25, 0.3) is 21.5 Å². The first-order valence-corrected chi connectivity index (χ1v) is 13.5. The quantitative estimate of drug-likeness (QED) is 0.291. The van der Waals surface area contributed by atoms with Gasteiger partial charge in [-0.2, -0.15) is 0 Å². The molecule has 0 spiro atoms. The predicted molar refractivity (Wildman–Crippen MR) is 132 cm³/mol. The second-order valence-electron chi connectivity index (χ2n) is 8.58. The van der Waals surface area contributed by atoms with Crippen LogP contribution >= 0.6 is 18.0 Å². The van der Waals surface area contributed by atoms with E-state index in [0.717, 1.165) is 58.6 Å². The molecule has 156 valence electrons. The fourth-order valence-corrected chi connectivity index (χ4v) is 9.09. The third-order valence-electron chi connectivity index (χ3n) is 6.88. The summed E-state index contributed by atoms with van der Waals surface area (Å²) < 4.78 is 18.7. The van der Waals surface area contributed by atoms with Crippen LogP contribution in [0.15, 0.2) is 84.9 Å². The summed E-state index contributed by atoms with van der Waals surface area (Å²) >= 11 is 7.15. The summed E-state index contributed by atoms with van der Waals surface area (Å²) in [7, 11) is 0. The molecule has 0 aromatic heterocycles. The van der Waals surface area contributed by atoms with Gasteiger partial charge in [0.25, 0.3) is 0 Å². The Morgan fingerprint density at radius 2 is 1.06 bits per heavy atom. The van der Waals surface area contributed by atoms with Crippen LogP contribution in [0.4, 0.5) is 11.4 Å². The van der Waals surface area contributed by atoms with E-state index in [9.17, 15) is 4.57 Å². The smallest absolute Gasteiger partial charge is 0.289 e. The molecule has 6 rings (SSSR count). The van der Waals surface area contributed by atoms with Crippen LogP contribution in [0.1, 0.15) is 25.7 Å². The zero-order chi connectivity index (χ0) is 21.0. The largest absolute Gasteiger partial charge is 0.353 e. The SMILES string of the molecule is O=P1(Cl)N(c2cccc3ccccc23)C2CCCCC2N1c1cccc2ccccc12. The molecule has 2 aliphatic rings. The first kappa shape index (κ1) is 19.2. The molecule has 5 heteroatoms. The first-order chi connectivity index (χ1) is 15.2. The maximum Gasteiger partial charge on any atom is 0.353 e. The molecular formula is C26H24ClN2OP. The van der Waals surface area contributed by atoms with Gasteiger partial charge >= 0.3 is 6.80 Å². The summed E-state index contributed by atoms with van der Waals surface area (Å²) in [4.78, 5) is 0. The standard InChI is InChI=1S/C26H24ClN2OP/c27-31(30)28(23-17-7-11-19-9-1-3-13-21(19)23)25-15-5-6-16-26(25)29(31)24-18-8-12-20-10-2-4-14-22(20)24/h1-4,7-14,17-18,25-26H,5-6,15-16H2. The van der Waals surface area contributed by atoms with Crippen molar-refractivity contribution >= 4 is 51.0 Å². The topological polar surface area (TPSA) is 23.6 Å². The van der Waals surface area contributed by atoms with Crippen LogP contribution in [0.5, 0.6) is 0 Å². The molecule has 1 aliphatic carbocycles. The van der Waals surface area contributed by atoms with Crippen LogP contribution in [0.2, 0.25) is 0 Å². The molecule has 3 nitrogen and oxygen atoms in total. The van der Waals surface area contributed by atoms with Crippen molar-refractivity contribution in [3.8, 4) is 0 Å². The van der Waals surface area contributed by atoms with Crippen LogP contribution in [-0.2, 0) is 4.57 Å². The number of halogens is 1. The molecule has 1 heterocycles. The maximum absolute atomic E-state index is 14.5. The van der Waals surface area contributed by atoms with Crippen molar-refractivity contribution in [2.24, 2.45) is 0 Å². The molecule has 1 saturated carbocycles. The Kier molecular flexibility index (Phi) is 4.52. The zero-order valence-corrected chi connectivity index (χ0v) is 18.8. The van der Waals surface area contributed by atoms with Crippen molar-refractivity contribution in [2.75, 3.05) is 9.34 Å². The summed E-state index contributed by atoms with van der Waals surface area (Å²) in [6.07, 6.45) is 4.29. The van der Waals surface area contributed by atoms with Crippen molar-refractivity contribution in [2.45, 2.75) is 37.8 Å². The van der Waals surface area contributed by atoms with Gasteiger partial charge < -0.3 is 0 Å². The Hall–Kier alpha value is -2.48.